The Morgan fingerprint density at radius 1 is 1.41 bits per heavy atom. The maximum atomic E-state index is 12.0. The highest BCUT2D eigenvalue weighted by Gasteiger charge is 2.29. The predicted molar refractivity (Wildman–Crippen MR) is 87.3 cm³/mol. The van der Waals surface area contributed by atoms with E-state index in [9.17, 15) is 14.9 Å². The molecule has 0 aliphatic heterocycles. The standard InChI is InChI=1S/C16H18BrNO4/c1-16(2,3)22-15(19)9-12(10-4-5-10)11-6-7-13(17)14(8-11)18(20)21/h6-10H,4-5H2,1-3H3. The van der Waals surface area contributed by atoms with Crippen molar-refractivity contribution < 1.29 is 14.5 Å². The van der Waals surface area contributed by atoms with Crippen LogP contribution in [0.4, 0.5) is 5.69 Å². The van der Waals surface area contributed by atoms with Gasteiger partial charge in [-0.25, -0.2) is 4.79 Å². The quantitative estimate of drug-likeness (QED) is 0.340. The van der Waals surface area contributed by atoms with Gasteiger partial charge in [0.25, 0.3) is 5.69 Å². The third kappa shape index (κ3) is 4.40. The van der Waals surface area contributed by atoms with E-state index in [1.54, 1.807) is 32.9 Å². The number of rotatable bonds is 4. The number of nitro groups is 1. The van der Waals surface area contributed by atoms with E-state index in [2.05, 4.69) is 15.9 Å². The smallest absolute Gasteiger partial charge is 0.331 e. The van der Waals surface area contributed by atoms with Crippen LogP contribution in [-0.2, 0) is 9.53 Å². The van der Waals surface area contributed by atoms with E-state index >= 15 is 0 Å². The number of hydrogen-bond acceptors (Lipinski definition) is 4. The van der Waals surface area contributed by atoms with Crippen molar-refractivity contribution in [3.63, 3.8) is 0 Å². The van der Waals surface area contributed by atoms with E-state index in [-0.39, 0.29) is 11.6 Å². The minimum atomic E-state index is -0.562. The zero-order valence-electron chi connectivity index (χ0n) is 12.8. The predicted octanol–water partition coefficient (Wildman–Crippen LogP) is 4.49. The number of esters is 1. The van der Waals surface area contributed by atoms with Gasteiger partial charge < -0.3 is 4.74 Å². The van der Waals surface area contributed by atoms with Gasteiger partial charge in [-0.05, 0) is 72.7 Å². The maximum absolute atomic E-state index is 12.0. The van der Waals surface area contributed by atoms with Crippen molar-refractivity contribution in [2.45, 2.75) is 39.2 Å². The molecule has 1 saturated carbocycles. The van der Waals surface area contributed by atoms with Crippen molar-refractivity contribution in [3.05, 3.63) is 44.4 Å². The lowest BCUT2D eigenvalue weighted by Crippen LogP contribution is -2.22. The van der Waals surface area contributed by atoms with E-state index in [0.717, 1.165) is 18.4 Å². The second kappa shape index (κ2) is 6.20. The van der Waals surface area contributed by atoms with Crippen LogP contribution in [0.2, 0.25) is 0 Å². The van der Waals surface area contributed by atoms with Crippen LogP contribution in [0.5, 0.6) is 0 Å². The molecule has 0 N–H and O–H groups in total. The fraction of sp³-hybridized carbons (Fsp3) is 0.438. The molecule has 0 unspecified atom stereocenters. The Morgan fingerprint density at radius 3 is 2.55 bits per heavy atom. The average Bonchev–Trinajstić information content (AvgIpc) is 3.18. The van der Waals surface area contributed by atoms with Gasteiger partial charge in [0.1, 0.15) is 5.60 Å². The van der Waals surface area contributed by atoms with Crippen LogP contribution in [-0.4, -0.2) is 16.5 Å². The zero-order chi connectivity index (χ0) is 16.5. The lowest BCUT2D eigenvalue weighted by atomic mass is 10.0. The maximum Gasteiger partial charge on any atom is 0.331 e. The first-order valence-corrected chi connectivity index (χ1v) is 7.85. The third-order valence-electron chi connectivity index (χ3n) is 3.17. The van der Waals surface area contributed by atoms with Crippen molar-refractivity contribution in [2.24, 2.45) is 5.92 Å². The molecule has 0 aromatic heterocycles. The lowest BCUT2D eigenvalue weighted by Gasteiger charge is -2.18. The normalized spacial score (nSPS) is 15.5. The molecule has 1 aromatic carbocycles. The summed E-state index contributed by atoms with van der Waals surface area (Å²) in [5, 5.41) is 11.1. The molecular weight excluding hydrogens is 350 g/mol. The minimum Gasteiger partial charge on any atom is -0.457 e. The summed E-state index contributed by atoms with van der Waals surface area (Å²) in [5.41, 5.74) is 0.940. The molecule has 0 bridgehead atoms. The van der Waals surface area contributed by atoms with E-state index < -0.39 is 16.5 Å². The average molecular weight is 368 g/mol. The van der Waals surface area contributed by atoms with E-state index in [0.29, 0.717) is 10.0 Å². The van der Waals surface area contributed by atoms with Crippen molar-refractivity contribution >= 4 is 33.2 Å². The lowest BCUT2D eigenvalue weighted by molar-refractivity contribution is -0.385. The van der Waals surface area contributed by atoms with E-state index in [1.165, 1.54) is 12.1 Å². The van der Waals surface area contributed by atoms with E-state index in [1.807, 2.05) is 0 Å². The first kappa shape index (κ1) is 16.7. The van der Waals surface area contributed by atoms with Crippen molar-refractivity contribution in [1.29, 1.82) is 0 Å². The summed E-state index contributed by atoms with van der Waals surface area (Å²) < 4.78 is 5.74. The molecular formula is C16H18BrNO4. The minimum absolute atomic E-state index is 0.00626. The van der Waals surface area contributed by atoms with Gasteiger partial charge in [-0.3, -0.25) is 10.1 Å². The van der Waals surface area contributed by atoms with Gasteiger partial charge in [-0.1, -0.05) is 6.07 Å². The van der Waals surface area contributed by atoms with Crippen LogP contribution in [0.1, 0.15) is 39.2 Å². The van der Waals surface area contributed by atoms with Crippen molar-refractivity contribution in [2.75, 3.05) is 0 Å². The Hall–Kier alpha value is -1.69. The number of ether oxygens (including phenoxy) is 1. The molecule has 2 rings (SSSR count). The van der Waals surface area contributed by atoms with Gasteiger partial charge in [-0.2, -0.15) is 0 Å². The fourth-order valence-corrected chi connectivity index (χ4v) is 2.51. The van der Waals surface area contributed by atoms with Gasteiger partial charge in [0, 0.05) is 12.1 Å². The number of halogens is 1. The summed E-state index contributed by atoms with van der Waals surface area (Å²) in [4.78, 5) is 22.6. The molecule has 0 atom stereocenters. The molecule has 22 heavy (non-hydrogen) atoms. The molecule has 1 aliphatic rings. The molecule has 5 nitrogen and oxygen atoms in total. The molecule has 118 valence electrons. The Morgan fingerprint density at radius 2 is 2.05 bits per heavy atom. The first-order chi connectivity index (χ1) is 10.2. The Kier molecular flexibility index (Phi) is 4.70. The van der Waals surface area contributed by atoms with Gasteiger partial charge >= 0.3 is 5.97 Å². The van der Waals surface area contributed by atoms with Crippen LogP contribution < -0.4 is 0 Å². The molecule has 0 heterocycles. The highest BCUT2D eigenvalue weighted by Crippen LogP contribution is 2.43. The summed E-state index contributed by atoms with van der Waals surface area (Å²) in [6.45, 7) is 5.42. The number of benzene rings is 1. The molecule has 1 aromatic rings. The fourth-order valence-electron chi connectivity index (χ4n) is 2.12. The largest absolute Gasteiger partial charge is 0.457 e. The van der Waals surface area contributed by atoms with Crippen LogP contribution >= 0.6 is 15.9 Å². The van der Waals surface area contributed by atoms with Crippen molar-refractivity contribution in [3.8, 4) is 0 Å². The number of allylic oxidation sites excluding steroid dienone is 1. The van der Waals surface area contributed by atoms with Crippen LogP contribution in [0.25, 0.3) is 5.57 Å². The molecule has 0 saturated heterocycles. The summed E-state index contributed by atoms with van der Waals surface area (Å²) in [7, 11) is 0. The molecule has 6 heteroatoms. The molecule has 1 aliphatic carbocycles. The Bertz CT molecular complexity index is 642. The number of nitrogens with zero attached hydrogens (tertiary/aromatic N) is 1. The summed E-state index contributed by atoms with van der Waals surface area (Å²) in [6, 6.07) is 4.92. The number of hydrogen-bond donors (Lipinski definition) is 0. The zero-order valence-corrected chi connectivity index (χ0v) is 14.3. The molecule has 0 spiro atoms. The SMILES string of the molecule is CC(C)(C)OC(=O)C=C(c1ccc(Br)c([N+](=O)[O-])c1)C1CC1. The second-order valence-corrected chi connectivity index (χ2v) is 7.19. The topological polar surface area (TPSA) is 69.4 Å². The first-order valence-electron chi connectivity index (χ1n) is 7.06. The van der Waals surface area contributed by atoms with Crippen LogP contribution in [0.3, 0.4) is 0 Å². The van der Waals surface area contributed by atoms with Gasteiger partial charge in [-0.15, -0.1) is 0 Å². The number of carbonyl (C=O) groups excluding carboxylic acids is 1. The Labute approximate surface area is 137 Å². The molecule has 0 amide bonds. The van der Waals surface area contributed by atoms with Gasteiger partial charge in [0.15, 0.2) is 0 Å². The van der Waals surface area contributed by atoms with Crippen molar-refractivity contribution in [1.82, 2.24) is 0 Å². The van der Waals surface area contributed by atoms with Crippen LogP contribution in [0, 0.1) is 16.0 Å². The Balaban J connectivity index is 2.35. The number of carbonyl (C=O) groups is 1. The summed E-state index contributed by atoms with van der Waals surface area (Å²) in [5.74, 6) is -0.145. The molecule has 1 fully saturated rings. The van der Waals surface area contributed by atoms with E-state index in [4.69, 9.17) is 4.74 Å². The summed E-state index contributed by atoms with van der Waals surface area (Å²) in [6.07, 6.45) is 3.44. The van der Waals surface area contributed by atoms with Gasteiger partial charge in [0.2, 0.25) is 0 Å². The highest BCUT2D eigenvalue weighted by atomic mass is 79.9. The van der Waals surface area contributed by atoms with Gasteiger partial charge in [0.05, 0.1) is 9.40 Å². The summed E-state index contributed by atoms with van der Waals surface area (Å²) >= 11 is 3.17. The molecule has 0 radical (unpaired) electrons. The number of nitro benzene ring substituents is 1. The van der Waals surface area contributed by atoms with Crippen LogP contribution in [0.15, 0.2) is 28.7 Å². The second-order valence-electron chi connectivity index (χ2n) is 6.33. The monoisotopic (exact) mass is 367 g/mol. The third-order valence-corrected chi connectivity index (χ3v) is 3.84. The highest BCUT2D eigenvalue weighted by molar-refractivity contribution is 9.10.